The van der Waals surface area contributed by atoms with Crippen molar-refractivity contribution in [3.05, 3.63) is 52.0 Å². The van der Waals surface area contributed by atoms with E-state index in [1.165, 1.54) is 29.1 Å². The molecule has 0 N–H and O–H groups in total. The molecule has 0 fully saturated rings. The highest BCUT2D eigenvalue weighted by atomic mass is 32.1. The highest BCUT2D eigenvalue weighted by Gasteiger charge is 2.12. The fourth-order valence-corrected chi connectivity index (χ4v) is 1.84. The van der Waals surface area contributed by atoms with Crippen LogP contribution in [-0.2, 0) is 6.42 Å². The first-order valence-corrected chi connectivity index (χ1v) is 5.40. The number of carbonyl (C=O) groups is 1. The van der Waals surface area contributed by atoms with Crippen molar-refractivity contribution in [2.45, 2.75) is 6.42 Å². The van der Waals surface area contributed by atoms with Crippen LogP contribution in [0.1, 0.15) is 15.2 Å². The Morgan fingerprint density at radius 2 is 2.19 bits per heavy atom. The maximum absolute atomic E-state index is 13.2. The van der Waals surface area contributed by atoms with E-state index in [4.69, 9.17) is 0 Å². The van der Waals surface area contributed by atoms with Gasteiger partial charge in [0.1, 0.15) is 11.6 Å². The minimum absolute atomic E-state index is 0.0751. The molecule has 82 valence electrons. The fraction of sp³-hybridized carbons (Fsp3) is 0.0909. The highest BCUT2D eigenvalue weighted by Crippen LogP contribution is 2.14. The molecule has 2 aromatic rings. The van der Waals surface area contributed by atoms with Gasteiger partial charge in [-0.1, -0.05) is 6.07 Å². The van der Waals surface area contributed by atoms with Gasteiger partial charge in [0.15, 0.2) is 5.78 Å². The summed E-state index contributed by atoms with van der Waals surface area (Å²) in [5.74, 6) is -1.56. The lowest BCUT2D eigenvalue weighted by atomic mass is 10.1. The van der Waals surface area contributed by atoms with Gasteiger partial charge in [0.2, 0.25) is 0 Å². The van der Waals surface area contributed by atoms with E-state index in [0.29, 0.717) is 4.88 Å². The van der Waals surface area contributed by atoms with Crippen LogP contribution in [0.5, 0.6) is 0 Å². The normalized spacial score (nSPS) is 10.4. The van der Waals surface area contributed by atoms with E-state index in [-0.39, 0.29) is 17.8 Å². The molecule has 1 aromatic heterocycles. The molecule has 2 nitrogen and oxygen atoms in total. The Bertz CT molecular complexity index is 511. The summed E-state index contributed by atoms with van der Waals surface area (Å²) in [6, 6.07) is 3.19. The van der Waals surface area contributed by atoms with Crippen molar-refractivity contribution in [3.63, 3.8) is 0 Å². The molecular formula is C11H7F2NOS. The maximum atomic E-state index is 13.2. The molecule has 16 heavy (non-hydrogen) atoms. The first-order valence-electron chi connectivity index (χ1n) is 4.52. The van der Waals surface area contributed by atoms with E-state index in [0.717, 1.165) is 12.1 Å². The average molecular weight is 239 g/mol. The number of Topliss-reactive ketones (excluding diaryl/α,β-unsaturated/α-hetero) is 1. The van der Waals surface area contributed by atoms with E-state index in [1.54, 1.807) is 0 Å². The van der Waals surface area contributed by atoms with Crippen LogP contribution in [-0.4, -0.2) is 10.8 Å². The molecule has 0 saturated heterocycles. The zero-order valence-corrected chi connectivity index (χ0v) is 8.93. The highest BCUT2D eigenvalue weighted by molar-refractivity contribution is 7.11. The van der Waals surface area contributed by atoms with Crippen LogP contribution in [0.15, 0.2) is 29.9 Å². The number of nitrogens with zero attached hydrogens (tertiary/aromatic N) is 1. The van der Waals surface area contributed by atoms with Crippen LogP contribution in [0.4, 0.5) is 8.78 Å². The third kappa shape index (κ3) is 2.30. The van der Waals surface area contributed by atoms with Crippen molar-refractivity contribution in [1.29, 1.82) is 0 Å². The second kappa shape index (κ2) is 4.49. The Balaban J connectivity index is 2.18. The fourth-order valence-electron chi connectivity index (χ4n) is 1.28. The average Bonchev–Trinajstić information content (AvgIpc) is 2.75. The summed E-state index contributed by atoms with van der Waals surface area (Å²) in [7, 11) is 0. The van der Waals surface area contributed by atoms with E-state index < -0.39 is 11.6 Å². The van der Waals surface area contributed by atoms with Crippen molar-refractivity contribution < 1.29 is 13.6 Å². The third-order valence-corrected chi connectivity index (χ3v) is 2.89. The molecule has 0 amide bonds. The van der Waals surface area contributed by atoms with Crippen LogP contribution in [0.2, 0.25) is 0 Å². The van der Waals surface area contributed by atoms with E-state index >= 15 is 0 Å². The Morgan fingerprint density at radius 1 is 1.38 bits per heavy atom. The third-order valence-electron chi connectivity index (χ3n) is 2.07. The van der Waals surface area contributed by atoms with Gasteiger partial charge in [-0.3, -0.25) is 9.78 Å². The predicted octanol–water partition coefficient (Wildman–Crippen LogP) is 2.85. The molecule has 0 aliphatic rings. The van der Waals surface area contributed by atoms with Gasteiger partial charge in [-0.25, -0.2) is 8.78 Å². The van der Waals surface area contributed by atoms with Crippen LogP contribution in [0, 0.1) is 11.6 Å². The number of carbonyl (C=O) groups excluding carboxylic acids is 1. The lowest BCUT2D eigenvalue weighted by Crippen LogP contribution is -2.03. The largest absolute Gasteiger partial charge is 0.293 e. The smallest absolute Gasteiger partial charge is 0.178 e. The summed E-state index contributed by atoms with van der Waals surface area (Å²) in [4.78, 5) is 15.9. The van der Waals surface area contributed by atoms with Crippen molar-refractivity contribution in [2.24, 2.45) is 0 Å². The summed E-state index contributed by atoms with van der Waals surface area (Å²) in [6.07, 6.45) is 1.36. The van der Waals surface area contributed by atoms with Gasteiger partial charge in [-0.2, -0.15) is 0 Å². The number of benzene rings is 1. The minimum Gasteiger partial charge on any atom is -0.293 e. The van der Waals surface area contributed by atoms with Crippen molar-refractivity contribution in [2.75, 3.05) is 0 Å². The Kier molecular flexibility index (Phi) is 3.05. The number of thiazole rings is 1. The number of ketones is 1. The second-order valence-electron chi connectivity index (χ2n) is 3.20. The molecule has 1 heterocycles. The molecular weight excluding hydrogens is 232 g/mol. The number of halogens is 2. The second-order valence-corrected chi connectivity index (χ2v) is 4.09. The SMILES string of the molecule is O=C(Cc1ccc(F)cc1F)c1cncs1. The van der Waals surface area contributed by atoms with Gasteiger partial charge >= 0.3 is 0 Å². The topological polar surface area (TPSA) is 30.0 Å². The van der Waals surface area contributed by atoms with Gasteiger partial charge in [0, 0.05) is 18.7 Å². The Hall–Kier alpha value is -1.62. The minimum atomic E-state index is -0.696. The van der Waals surface area contributed by atoms with Crippen molar-refractivity contribution in [1.82, 2.24) is 4.98 Å². The molecule has 2 rings (SSSR count). The number of rotatable bonds is 3. The Labute approximate surface area is 94.6 Å². The number of aromatic nitrogens is 1. The van der Waals surface area contributed by atoms with E-state index in [9.17, 15) is 13.6 Å². The Morgan fingerprint density at radius 3 is 2.81 bits per heavy atom. The summed E-state index contributed by atoms with van der Waals surface area (Å²) in [5.41, 5.74) is 1.73. The molecule has 0 aliphatic heterocycles. The molecule has 0 saturated carbocycles. The summed E-state index contributed by atoms with van der Waals surface area (Å²) < 4.78 is 25.9. The van der Waals surface area contributed by atoms with Crippen LogP contribution in [0.25, 0.3) is 0 Å². The van der Waals surface area contributed by atoms with Crippen LogP contribution < -0.4 is 0 Å². The summed E-state index contributed by atoms with van der Waals surface area (Å²) >= 11 is 1.20. The van der Waals surface area contributed by atoms with Crippen molar-refractivity contribution in [3.8, 4) is 0 Å². The zero-order chi connectivity index (χ0) is 11.5. The van der Waals surface area contributed by atoms with Gasteiger partial charge in [-0.05, 0) is 11.6 Å². The molecule has 5 heteroatoms. The monoisotopic (exact) mass is 239 g/mol. The standard InChI is InChI=1S/C11H7F2NOS/c12-8-2-1-7(9(13)4-8)3-10(15)11-5-14-6-16-11/h1-2,4-6H,3H2. The summed E-state index contributed by atoms with van der Waals surface area (Å²) in [6.45, 7) is 0. The first-order chi connectivity index (χ1) is 7.66. The lowest BCUT2D eigenvalue weighted by molar-refractivity contribution is 0.0995. The molecule has 0 radical (unpaired) electrons. The first kappa shape index (κ1) is 10.9. The van der Waals surface area contributed by atoms with Crippen molar-refractivity contribution >= 4 is 17.1 Å². The van der Waals surface area contributed by atoms with E-state index in [1.807, 2.05) is 0 Å². The summed E-state index contributed by atoms with van der Waals surface area (Å²) in [5, 5.41) is 0. The molecule has 0 spiro atoms. The van der Waals surface area contributed by atoms with Gasteiger partial charge in [-0.15, -0.1) is 11.3 Å². The molecule has 0 aliphatic carbocycles. The predicted molar refractivity (Wildman–Crippen MR) is 56.5 cm³/mol. The van der Waals surface area contributed by atoms with Gasteiger partial charge in [0.25, 0.3) is 0 Å². The quantitative estimate of drug-likeness (QED) is 0.771. The molecule has 1 aromatic carbocycles. The van der Waals surface area contributed by atoms with Gasteiger partial charge in [0.05, 0.1) is 10.4 Å². The molecule has 0 unspecified atom stereocenters. The molecule has 0 atom stereocenters. The zero-order valence-electron chi connectivity index (χ0n) is 8.11. The van der Waals surface area contributed by atoms with Gasteiger partial charge < -0.3 is 0 Å². The lowest BCUT2D eigenvalue weighted by Gasteiger charge is -2.00. The van der Waals surface area contributed by atoms with E-state index in [2.05, 4.69) is 4.98 Å². The number of hydrogen-bond donors (Lipinski definition) is 0. The van der Waals surface area contributed by atoms with Crippen LogP contribution >= 0.6 is 11.3 Å². The molecule has 0 bridgehead atoms. The maximum Gasteiger partial charge on any atom is 0.178 e. The van der Waals surface area contributed by atoms with Crippen LogP contribution in [0.3, 0.4) is 0 Å². The number of hydrogen-bond acceptors (Lipinski definition) is 3.